The SMILES string of the molecule is Cc1c(N)nc(C2CC2)nc1SCC(C)C. The number of nitrogens with two attached hydrogens (primary N) is 1. The molecule has 4 heteroatoms. The van der Waals surface area contributed by atoms with Crippen LogP contribution < -0.4 is 5.73 Å². The number of anilines is 1. The van der Waals surface area contributed by atoms with Crippen LogP contribution in [0.4, 0.5) is 5.82 Å². The number of aromatic nitrogens is 2. The fourth-order valence-electron chi connectivity index (χ4n) is 1.44. The Labute approximate surface area is 101 Å². The van der Waals surface area contributed by atoms with Crippen LogP contribution in [0.5, 0.6) is 0 Å². The third kappa shape index (κ3) is 2.67. The lowest BCUT2D eigenvalue weighted by atomic mass is 10.3. The maximum atomic E-state index is 5.93. The van der Waals surface area contributed by atoms with Crippen molar-refractivity contribution in [1.29, 1.82) is 0 Å². The van der Waals surface area contributed by atoms with Crippen molar-refractivity contribution in [2.24, 2.45) is 5.92 Å². The lowest BCUT2D eigenvalue weighted by molar-refractivity contribution is 0.748. The molecule has 0 atom stereocenters. The largest absolute Gasteiger partial charge is 0.383 e. The first-order chi connectivity index (χ1) is 7.58. The molecule has 0 amide bonds. The van der Waals surface area contributed by atoms with Crippen LogP contribution in [0.2, 0.25) is 0 Å². The molecule has 2 rings (SSSR count). The summed E-state index contributed by atoms with van der Waals surface area (Å²) in [6, 6.07) is 0. The summed E-state index contributed by atoms with van der Waals surface area (Å²) in [6.07, 6.45) is 2.44. The minimum atomic E-state index is 0.571. The lowest BCUT2D eigenvalue weighted by Gasteiger charge is -2.10. The predicted octanol–water partition coefficient (Wildman–Crippen LogP) is 2.99. The molecule has 1 saturated carbocycles. The minimum absolute atomic E-state index is 0.571. The molecule has 0 unspecified atom stereocenters. The van der Waals surface area contributed by atoms with E-state index in [1.165, 1.54) is 12.8 Å². The number of hydrogen-bond acceptors (Lipinski definition) is 4. The molecule has 0 spiro atoms. The van der Waals surface area contributed by atoms with Crippen LogP contribution >= 0.6 is 11.8 Å². The van der Waals surface area contributed by atoms with Crippen molar-refractivity contribution in [2.45, 2.75) is 44.6 Å². The monoisotopic (exact) mass is 237 g/mol. The Balaban J connectivity index is 2.20. The molecule has 1 aromatic heterocycles. The highest BCUT2D eigenvalue weighted by molar-refractivity contribution is 7.99. The van der Waals surface area contributed by atoms with Crippen LogP contribution in [0.3, 0.4) is 0 Å². The number of hydrogen-bond donors (Lipinski definition) is 1. The van der Waals surface area contributed by atoms with Crippen molar-refractivity contribution in [3.05, 3.63) is 11.4 Å². The molecule has 0 aliphatic heterocycles. The molecule has 0 bridgehead atoms. The van der Waals surface area contributed by atoms with Crippen LogP contribution in [-0.2, 0) is 0 Å². The Morgan fingerprint density at radius 2 is 2.06 bits per heavy atom. The van der Waals surface area contributed by atoms with Gasteiger partial charge in [0.05, 0.1) is 0 Å². The van der Waals surface area contributed by atoms with Crippen molar-refractivity contribution in [2.75, 3.05) is 11.5 Å². The van der Waals surface area contributed by atoms with E-state index in [4.69, 9.17) is 5.73 Å². The Kier molecular flexibility index (Phi) is 3.38. The van der Waals surface area contributed by atoms with Gasteiger partial charge in [0, 0.05) is 17.2 Å². The second-order valence-electron chi connectivity index (χ2n) is 4.88. The quantitative estimate of drug-likeness (QED) is 0.646. The van der Waals surface area contributed by atoms with Gasteiger partial charge < -0.3 is 5.73 Å². The van der Waals surface area contributed by atoms with Crippen molar-refractivity contribution < 1.29 is 0 Å². The number of nitrogen functional groups attached to an aromatic ring is 1. The van der Waals surface area contributed by atoms with E-state index in [1.54, 1.807) is 11.8 Å². The smallest absolute Gasteiger partial charge is 0.135 e. The minimum Gasteiger partial charge on any atom is -0.383 e. The summed E-state index contributed by atoms with van der Waals surface area (Å²) in [4.78, 5) is 9.01. The molecule has 1 fully saturated rings. The molecule has 0 radical (unpaired) electrons. The highest BCUT2D eigenvalue weighted by Crippen LogP contribution is 2.39. The third-order valence-corrected chi connectivity index (χ3v) is 4.16. The van der Waals surface area contributed by atoms with Gasteiger partial charge in [-0.2, -0.15) is 0 Å². The van der Waals surface area contributed by atoms with Gasteiger partial charge >= 0.3 is 0 Å². The topological polar surface area (TPSA) is 51.8 Å². The van der Waals surface area contributed by atoms with Crippen molar-refractivity contribution >= 4 is 17.6 Å². The summed E-state index contributed by atoms with van der Waals surface area (Å²) in [7, 11) is 0. The lowest BCUT2D eigenvalue weighted by Crippen LogP contribution is -2.04. The second kappa shape index (κ2) is 4.62. The van der Waals surface area contributed by atoms with Gasteiger partial charge in [0.2, 0.25) is 0 Å². The van der Waals surface area contributed by atoms with Gasteiger partial charge in [0.25, 0.3) is 0 Å². The molecule has 1 aliphatic rings. The first kappa shape index (κ1) is 11.7. The Bertz CT molecular complexity index is 386. The van der Waals surface area contributed by atoms with E-state index >= 15 is 0 Å². The first-order valence-electron chi connectivity index (χ1n) is 5.84. The zero-order valence-electron chi connectivity index (χ0n) is 10.2. The van der Waals surface area contributed by atoms with E-state index < -0.39 is 0 Å². The summed E-state index contributed by atoms with van der Waals surface area (Å²) in [5, 5.41) is 1.07. The molecule has 16 heavy (non-hydrogen) atoms. The molecule has 0 saturated heterocycles. The normalized spacial score (nSPS) is 15.8. The van der Waals surface area contributed by atoms with Crippen molar-refractivity contribution in [3.8, 4) is 0 Å². The first-order valence-corrected chi connectivity index (χ1v) is 6.83. The molecular formula is C12H19N3S. The predicted molar refractivity (Wildman–Crippen MR) is 68.7 cm³/mol. The average molecular weight is 237 g/mol. The molecule has 0 aromatic carbocycles. The summed E-state index contributed by atoms with van der Waals surface area (Å²) in [6.45, 7) is 6.44. The van der Waals surface area contributed by atoms with Gasteiger partial charge in [0.15, 0.2) is 0 Å². The third-order valence-electron chi connectivity index (χ3n) is 2.65. The summed E-state index contributed by atoms with van der Waals surface area (Å²) in [5.74, 6) is 3.94. The van der Waals surface area contributed by atoms with Crippen LogP contribution in [0.25, 0.3) is 0 Å². The van der Waals surface area contributed by atoms with Crippen LogP contribution in [-0.4, -0.2) is 15.7 Å². The van der Waals surface area contributed by atoms with E-state index in [9.17, 15) is 0 Å². The zero-order chi connectivity index (χ0) is 11.7. The Hall–Kier alpha value is -0.770. The molecule has 2 N–H and O–H groups in total. The van der Waals surface area contributed by atoms with Gasteiger partial charge in [0.1, 0.15) is 16.7 Å². The zero-order valence-corrected chi connectivity index (χ0v) is 11.0. The molecule has 3 nitrogen and oxygen atoms in total. The van der Waals surface area contributed by atoms with Gasteiger partial charge in [-0.25, -0.2) is 9.97 Å². The van der Waals surface area contributed by atoms with Gasteiger partial charge in [-0.05, 0) is 25.7 Å². The van der Waals surface area contributed by atoms with Crippen LogP contribution in [0.1, 0.15) is 44.0 Å². The summed E-state index contributed by atoms with van der Waals surface area (Å²) < 4.78 is 0. The molecule has 1 aliphatic carbocycles. The molecule has 88 valence electrons. The van der Waals surface area contributed by atoms with Gasteiger partial charge in [-0.1, -0.05) is 13.8 Å². The fourth-order valence-corrected chi connectivity index (χ4v) is 2.41. The standard InChI is InChI=1S/C12H19N3S/c1-7(2)6-16-12-8(3)10(13)14-11(15-12)9-4-5-9/h7,9H,4-6H2,1-3H3,(H2,13,14,15). The highest BCUT2D eigenvalue weighted by atomic mass is 32.2. The van der Waals surface area contributed by atoms with Gasteiger partial charge in [-0.15, -0.1) is 11.8 Å². The molecule has 1 heterocycles. The Morgan fingerprint density at radius 3 is 2.62 bits per heavy atom. The number of rotatable bonds is 4. The van der Waals surface area contributed by atoms with Crippen molar-refractivity contribution in [3.63, 3.8) is 0 Å². The summed E-state index contributed by atoms with van der Waals surface area (Å²) >= 11 is 1.80. The molecule has 1 aromatic rings. The van der Waals surface area contributed by atoms with E-state index in [0.29, 0.717) is 17.7 Å². The van der Waals surface area contributed by atoms with E-state index in [1.807, 2.05) is 6.92 Å². The number of nitrogens with zero attached hydrogens (tertiary/aromatic N) is 2. The Morgan fingerprint density at radius 1 is 1.38 bits per heavy atom. The van der Waals surface area contributed by atoms with Crippen LogP contribution in [0.15, 0.2) is 5.03 Å². The maximum absolute atomic E-state index is 5.93. The maximum Gasteiger partial charge on any atom is 0.135 e. The summed E-state index contributed by atoms with van der Waals surface area (Å²) in [5.41, 5.74) is 6.97. The van der Waals surface area contributed by atoms with Crippen LogP contribution in [0, 0.1) is 12.8 Å². The van der Waals surface area contributed by atoms with E-state index in [0.717, 1.165) is 22.2 Å². The van der Waals surface area contributed by atoms with E-state index in [-0.39, 0.29) is 0 Å². The highest BCUT2D eigenvalue weighted by Gasteiger charge is 2.27. The van der Waals surface area contributed by atoms with Gasteiger partial charge in [-0.3, -0.25) is 0 Å². The fraction of sp³-hybridized carbons (Fsp3) is 0.667. The number of thioether (sulfide) groups is 1. The van der Waals surface area contributed by atoms with Crippen molar-refractivity contribution in [1.82, 2.24) is 9.97 Å². The van der Waals surface area contributed by atoms with E-state index in [2.05, 4.69) is 23.8 Å². The molecular weight excluding hydrogens is 218 g/mol. The second-order valence-corrected chi connectivity index (χ2v) is 5.89. The average Bonchev–Trinajstić information content (AvgIpc) is 3.03.